The molecule has 5 aromatic rings. The number of carboxylic acids is 1. The molecule has 1 aliphatic rings. The lowest BCUT2D eigenvalue weighted by atomic mass is 9.82. The maximum atomic E-state index is 12.1. The molecule has 0 aliphatic carbocycles. The first-order chi connectivity index (χ1) is 19.5. The average molecular weight is 535 g/mol. The molecule has 0 radical (unpaired) electrons. The highest BCUT2D eigenvalue weighted by molar-refractivity contribution is 5.83. The summed E-state index contributed by atoms with van der Waals surface area (Å²) >= 11 is 0. The summed E-state index contributed by atoms with van der Waals surface area (Å²) in [5.74, 6) is 1.02. The fraction of sp³-hybridized carbons (Fsp3) is 0.219. The first-order valence-corrected chi connectivity index (χ1v) is 13.3. The predicted octanol–water partition coefficient (Wildman–Crippen LogP) is 5.94. The minimum atomic E-state index is -0.853. The summed E-state index contributed by atoms with van der Waals surface area (Å²) in [7, 11) is 3.42. The van der Waals surface area contributed by atoms with E-state index < -0.39 is 5.97 Å². The van der Waals surface area contributed by atoms with E-state index in [1.54, 1.807) is 11.8 Å². The number of fused-ring (bicyclic) bond motifs is 2. The van der Waals surface area contributed by atoms with Crippen LogP contribution in [0.3, 0.4) is 0 Å². The number of nitrogens with zero attached hydrogens (tertiary/aromatic N) is 4. The number of hydrogen-bond acceptors (Lipinski definition) is 6. The first kappa shape index (κ1) is 25.4. The number of rotatable bonds is 8. The molecule has 4 aromatic carbocycles. The molecule has 2 heterocycles. The second-order valence-corrected chi connectivity index (χ2v) is 10.0. The molecule has 0 fully saturated rings. The third kappa shape index (κ3) is 4.96. The second kappa shape index (κ2) is 10.7. The number of benzene rings is 4. The van der Waals surface area contributed by atoms with Crippen LogP contribution in [0.5, 0.6) is 17.2 Å². The molecule has 0 saturated carbocycles. The monoisotopic (exact) mass is 534 g/mol. The molecule has 8 heteroatoms. The number of methoxy groups -OCH3 is 1. The number of ether oxygens (including phenoxy) is 2. The van der Waals surface area contributed by atoms with Gasteiger partial charge < -0.3 is 19.5 Å². The van der Waals surface area contributed by atoms with Crippen molar-refractivity contribution in [2.45, 2.75) is 25.3 Å². The van der Waals surface area contributed by atoms with Crippen LogP contribution < -0.4 is 14.4 Å². The Morgan fingerprint density at radius 2 is 1.80 bits per heavy atom. The third-order valence-electron chi connectivity index (χ3n) is 7.53. The molecule has 1 aliphatic heterocycles. The summed E-state index contributed by atoms with van der Waals surface area (Å²) in [5.41, 5.74) is 6.84. The third-order valence-corrected chi connectivity index (χ3v) is 7.53. The summed E-state index contributed by atoms with van der Waals surface area (Å²) in [6.07, 6.45) is 0.768. The molecule has 202 valence electrons. The molecule has 0 spiro atoms. The van der Waals surface area contributed by atoms with E-state index >= 15 is 0 Å². The van der Waals surface area contributed by atoms with Crippen molar-refractivity contribution in [3.05, 3.63) is 107 Å². The summed E-state index contributed by atoms with van der Waals surface area (Å²) in [5, 5.41) is 18.3. The van der Waals surface area contributed by atoms with E-state index in [4.69, 9.17) is 9.47 Å². The minimum Gasteiger partial charge on any atom is -0.494 e. The first-order valence-electron chi connectivity index (χ1n) is 13.3. The highest BCUT2D eigenvalue weighted by Gasteiger charge is 2.27. The molecule has 0 amide bonds. The van der Waals surface area contributed by atoms with E-state index in [1.807, 2.05) is 67.7 Å². The van der Waals surface area contributed by atoms with Crippen molar-refractivity contribution in [2.24, 2.45) is 7.05 Å². The summed E-state index contributed by atoms with van der Waals surface area (Å²) in [4.78, 5) is 14.4. The summed E-state index contributed by atoms with van der Waals surface area (Å²) < 4.78 is 13.4. The zero-order valence-electron chi connectivity index (χ0n) is 22.4. The molecular weight excluding hydrogens is 504 g/mol. The lowest BCUT2D eigenvalue weighted by Gasteiger charge is -2.33. The predicted molar refractivity (Wildman–Crippen MR) is 153 cm³/mol. The van der Waals surface area contributed by atoms with Crippen LogP contribution in [0.4, 0.5) is 5.69 Å². The lowest BCUT2D eigenvalue weighted by molar-refractivity contribution is -0.137. The van der Waals surface area contributed by atoms with Gasteiger partial charge in [-0.05, 0) is 65.1 Å². The van der Waals surface area contributed by atoms with E-state index in [2.05, 4.69) is 39.5 Å². The second-order valence-electron chi connectivity index (χ2n) is 10.0. The van der Waals surface area contributed by atoms with Crippen LogP contribution in [-0.4, -0.2) is 39.7 Å². The van der Waals surface area contributed by atoms with Gasteiger partial charge in [0.2, 0.25) is 0 Å². The van der Waals surface area contributed by atoms with Crippen LogP contribution in [0.2, 0.25) is 0 Å². The van der Waals surface area contributed by atoms with Gasteiger partial charge in [-0.3, -0.25) is 4.79 Å². The Hall–Kier alpha value is -4.85. The van der Waals surface area contributed by atoms with Gasteiger partial charge in [0.25, 0.3) is 0 Å². The standard InChI is InChI=1S/C32H30N4O4/c1-35-32-29(33-34-35)16-22(17-30(32)39-2)28(19-31(37)38)27-13-6-8-21-20-36(15-14-26(21)27)23-9-7-12-25(18-23)40-24-10-4-3-5-11-24/h3-13,16-18,28H,14-15,19-20H2,1-2H3,(H,37,38). The molecule has 8 nitrogen and oxygen atoms in total. The molecule has 40 heavy (non-hydrogen) atoms. The fourth-order valence-corrected chi connectivity index (χ4v) is 5.67. The molecule has 0 saturated heterocycles. The summed E-state index contributed by atoms with van der Waals surface area (Å²) in [6.45, 7) is 1.54. The van der Waals surface area contributed by atoms with Gasteiger partial charge in [-0.1, -0.05) is 47.7 Å². The SMILES string of the molecule is COc1cc(C(CC(=O)O)c2cccc3c2CCN(c2cccc(Oc4ccccc4)c2)C3)cc2nnn(C)c12. The maximum absolute atomic E-state index is 12.1. The molecular formula is C32H30N4O4. The van der Waals surface area contributed by atoms with Gasteiger partial charge in [-0.2, -0.15) is 0 Å². The Morgan fingerprint density at radius 1 is 1.00 bits per heavy atom. The Labute approximate surface area is 232 Å². The Bertz CT molecular complexity index is 1680. The number of hydrogen-bond donors (Lipinski definition) is 1. The number of aryl methyl sites for hydroxylation is 1. The van der Waals surface area contributed by atoms with Gasteiger partial charge in [0.15, 0.2) is 0 Å². The molecule has 0 bridgehead atoms. The van der Waals surface area contributed by atoms with Crippen LogP contribution in [0.25, 0.3) is 11.0 Å². The van der Waals surface area contributed by atoms with Crippen molar-refractivity contribution in [1.82, 2.24) is 15.0 Å². The zero-order valence-corrected chi connectivity index (χ0v) is 22.4. The van der Waals surface area contributed by atoms with Crippen molar-refractivity contribution < 1.29 is 19.4 Å². The number of carbonyl (C=O) groups is 1. The Kier molecular flexibility index (Phi) is 6.82. The van der Waals surface area contributed by atoms with Crippen molar-refractivity contribution in [3.8, 4) is 17.2 Å². The highest BCUT2D eigenvalue weighted by Crippen LogP contribution is 2.39. The van der Waals surface area contributed by atoms with Gasteiger partial charge in [-0.15, -0.1) is 5.10 Å². The average Bonchev–Trinajstić information content (AvgIpc) is 3.36. The van der Waals surface area contributed by atoms with Gasteiger partial charge in [0, 0.05) is 37.8 Å². The van der Waals surface area contributed by atoms with Gasteiger partial charge in [0.1, 0.15) is 28.3 Å². The summed E-state index contributed by atoms with van der Waals surface area (Å²) in [6, 6.07) is 28.0. The van der Waals surface area contributed by atoms with Crippen molar-refractivity contribution in [1.29, 1.82) is 0 Å². The van der Waals surface area contributed by atoms with Crippen LogP contribution in [0, 0.1) is 0 Å². The zero-order chi connectivity index (χ0) is 27.6. The molecule has 1 atom stereocenters. The van der Waals surface area contributed by atoms with E-state index in [1.165, 1.54) is 11.1 Å². The van der Waals surface area contributed by atoms with Crippen LogP contribution in [-0.2, 0) is 24.8 Å². The normalized spacial score (nSPS) is 13.6. The molecule has 1 aromatic heterocycles. The lowest BCUT2D eigenvalue weighted by Crippen LogP contribution is -2.31. The molecule has 1 unspecified atom stereocenters. The van der Waals surface area contributed by atoms with Crippen molar-refractivity contribution in [2.75, 3.05) is 18.6 Å². The van der Waals surface area contributed by atoms with Gasteiger partial charge in [-0.25, -0.2) is 4.68 Å². The van der Waals surface area contributed by atoms with Gasteiger partial charge >= 0.3 is 5.97 Å². The molecule has 6 rings (SSSR count). The quantitative estimate of drug-likeness (QED) is 0.264. The van der Waals surface area contributed by atoms with Crippen LogP contribution in [0.1, 0.15) is 34.6 Å². The smallest absolute Gasteiger partial charge is 0.304 e. The maximum Gasteiger partial charge on any atom is 0.304 e. The van der Waals surface area contributed by atoms with Gasteiger partial charge in [0.05, 0.1) is 13.5 Å². The number of para-hydroxylation sites is 1. The number of carboxylic acid groups (broad SMARTS) is 1. The van der Waals surface area contributed by atoms with E-state index in [-0.39, 0.29) is 12.3 Å². The number of aliphatic carboxylic acids is 1. The Morgan fingerprint density at radius 3 is 2.60 bits per heavy atom. The van der Waals surface area contributed by atoms with E-state index in [9.17, 15) is 9.90 Å². The van der Waals surface area contributed by atoms with E-state index in [0.717, 1.165) is 53.3 Å². The van der Waals surface area contributed by atoms with Crippen molar-refractivity contribution in [3.63, 3.8) is 0 Å². The van der Waals surface area contributed by atoms with Crippen molar-refractivity contribution >= 4 is 22.7 Å². The molecule has 1 N–H and O–H groups in total. The minimum absolute atomic E-state index is 0.0338. The van der Waals surface area contributed by atoms with E-state index in [0.29, 0.717) is 11.3 Å². The Balaban J connectivity index is 1.32. The fourth-order valence-electron chi connectivity index (χ4n) is 5.67. The topological polar surface area (TPSA) is 89.7 Å². The number of aromatic nitrogens is 3. The van der Waals surface area contributed by atoms with Crippen LogP contribution >= 0.6 is 0 Å². The number of anilines is 1. The largest absolute Gasteiger partial charge is 0.494 e. The highest BCUT2D eigenvalue weighted by atomic mass is 16.5. The van der Waals surface area contributed by atoms with Crippen LogP contribution in [0.15, 0.2) is 84.9 Å².